The standard InChI is InChI=1S/C25H18Cl3NO3/c1-14-24-17(12-29(13-31-24)11-16-6-7-18(26)10-21(16)28)8-19-23(30)22(32-25(14)19)9-15-4-2-3-5-20(15)27/h2-10H,11-13H2,1H3/b22-9-. The zero-order valence-corrected chi connectivity index (χ0v) is 19.4. The molecule has 0 amide bonds. The van der Waals surface area contributed by atoms with Crippen molar-refractivity contribution in [3.05, 3.63) is 97.2 Å². The molecule has 3 aromatic rings. The highest BCUT2D eigenvalue weighted by atomic mass is 35.5. The lowest BCUT2D eigenvalue weighted by molar-refractivity contribution is 0.0877. The minimum Gasteiger partial charge on any atom is -0.477 e. The zero-order valence-electron chi connectivity index (χ0n) is 17.1. The van der Waals surface area contributed by atoms with Crippen molar-refractivity contribution in [2.24, 2.45) is 0 Å². The number of carbonyl (C=O) groups excluding carboxylic acids is 1. The van der Waals surface area contributed by atoms with E-state index < -0.39 is 0 Å². The summed E-state index contributed by atoms with van der Waals surface area (Å²) >= 11 is 18.6. The maximum atomic E-state index is 13.1. The number of benzene rings is 3. The first-order valence-corrected chi connectivity index (χ1v) is 11.2. The summed E-state index contributed by atoms with van der Waals surface area (Å²) in [5.41, 5.74) is 3.99. The molecule has 0 radical (unpaired) electrons. The van der Waals surface area contributed by atoms with Gasteiger partial charge < -0.3 is 9.47 Å². The molecule has 162 valence electrons. The normalized spacial score (nSPS) is 16.5. The minimum atomic E-state index is -0.163. The Kier molecular flexibility index (Phi) is 5.64. The van der Waals surface area contributed by atoms with Gasteiger partial charge in [0.2, 0.25) is 5.78 Å². The molecule has 5 rings (SSSR count). The third kappa shape index (κ3) is 3.89. The van der Waals surface area contributed by atoms with Gasteiger partial charge in [-0.15, -0.1) is 0 Å². The van der Waals surface area contributed by atoms with Gasteiger partial charge in [0.05, 0.1) is 5.56 Å². The Bertz CT molecular complexity index is 1290. The van der Waals surface area contributed by atoms with Gasteiger partial charge in [0, 0.05) is 39.3 Å². The molecule has 0 saturated carbocycles. The van der Waals surface area contributed by atoms with Crippen molar-refractivity contribution in [3.8, 4) is 11.5 Å². The Labute approximate surface area is 200 Å². The maximum Gasteiger partial charge on any atom is 0.231 e. The second-order valence-corrected chi connectivity index (χ2v) is 9.07. The molecule has 4 nitrogen and oxygen atoms in total. The monoisotopic (exact) mass is 485 g/mol. The van der Waals surface area contributed by atoms with E-state index >= 15 is 0 Å². The number of rotatable bonds is 3. The van der Waals surface area contributed by atoms with Crippen LogP contribution in [0.3, 0.4) is 0 Å². The number of hydrogen-bond acceptors (Lipinski definition) is 4. The van der Waals surface area contributed by atoms with Gasteiger partial charge >= 0.3 is 0 Å². The molecule has 2 heterocycles. The Morgan fingerprint density at radius 2 is 1.84 bits per heavy atom. The third-order valence-electron chi connectivity index (χ3n) is 5.60. The predicted molar refractivity (Wildman–Crippen MR) is 127 cm³/mol. The predicted octanol–water partition coefficient (Wildman–Crippen LogP) is 6.92. The SMILES string of the molecule is Cc1c2c(cc3c1O/C(=C\c1ccccc1Cl)C3=O)CN(Cc1ccc(Cl)cc1Cl)CO2. The molecule has 0 aromatic heterocycles. The van der Waals surface area contributed by atoms with Crippen molar-refractivity contribution < 1.29 is 14.3 Å². The average Bonchev–Trinajstić information content (AvgIpc) is 3.08. The zero-order chi connectivity index (χ0) is 22.4. The summed E-state index contributed by atoms with van der Waals surface area (Å²) < 4.78 is 12.0. The van der Waals surface area contributed by atoms with Gasteiger partial charge in [-0.3, -0.25) is 9.69 Å². The van der Waals surface area contributed by atoms with Gasteiger partial charge in [-0.05, 0) is 48.4 Å². The number of Topliss-reactive ketones (excluding diaryl/α,β-unsaturated/α-hetero) is 1. The molecule has 0 spiro atoms. The molecule has 32 heavy (non-hydrogen) atoms. The number of carbonyl (C=O) groups is 1. The van der Waals surface area contributed by atoms with Gasteiger partial charge in [-0.2, -0.15) is 0 Å². The molecule has 2 aliphatic rings. The lowest BCUT2D eigenvalue weighted by Crippen LogP contribution is -2.32. The molecule has 0 fully saturated rings. The Balaban J connectivity index is 1.43. The van der Waals surface area contributed by atoms with Crippen LogP contribution in [0.15, 0.2) is 54.3 Å². The highest BCUT2D eigenvalue weighted by Gasteiger charge is 2.33. The molecule has 0 atom stereocenters. The van der Waals surface area contributed by atoms with Crippen molar-refractivity contribution >= 4 is 46.7 Å². The van der Waals surface area contributed by atoms with Crippen molar-refractivity contribution in [1.29, 1.82) is 0 Å². The second kappa shape index (κ2) is 8.45. The summed E-state index contributed by atoms with van der Waals surface area (Å²) in [5.74, 6) is 1.39. The fraction of sp³-hybridized carbons (Fsp3) is 0.160. The highest BCUT2D eigenvalue weighted by Crippen LogP contribution is 2.43. The van der Waals surface area contributed by atoms with Crippen LogP contribution < -0.4 is 9.47 Å². The molecule has 0 unspecified atom stereocenters. The van der Waals surface area contributed by atoms with Crippen LogP contribution in [0, 0.1) is 6.92 Å². The number of fused-ring (bicyclic) bond motifs is 2. The van der Waals surface area contributed by atoms with Crippen molar-refractivity contribution in [1.82, 2.24) is 4.90 Å². The van der Waals surface area contributed by atoms with Crippen LogP contribution in [0.1, 0.15) is 32.6 Å². The lowest BCUT2D eigenvalue weighted by atomic mass is 10.00. The van der Waals surface area contributed by atoms with Crippen molar-refractivity contribution in [2.75, 3.05) is 6.73 Å². The molecule has 0 N–H and O–H groups in total. The summed E-state index contributed by atoms with van der Waals surface area (Å²) in [6.45, 7) is 3.55. The van der Waals surface area contributed by atoms with E-state index in [1.54, 1.807) is 18.2 Å². The van der Waals surface area contributed by atoms with E-state index in [1.165, 1.54) is 0 Å². The van der Waals surface area contributed by atoms with E-state index in [1.807, 2.05) is 43.3 Å². The maximum absolute atomic E-state index is 13.1. The van der Waals surface area contributed by atoms with Crippen LogP contribution in [0.2, 0.25) is 15.1 Å². The first kappa shape index (κ1) is 21.4. The van der Waals surface area contributed by atoms with Crippen molar-refractivity contribution in [3.63, 3.8) is 0 Å². The first-order chi connectivity index (χ1) is 15.4. The van der Waals surface area contributed by atoms with Crippen LogP contribution >= 0.6 is 34.8 Å². The molecule has 3 aromatic carbocycles. The molecule has 0 saturated heterocycles. The summed E-state index contributed by atoms with van der Waals surface area (Å²) in [7, 11) is 0. The van der Waals surface area contributed by atoms with Crippen LogP contribution in [-0.2, 0) is 13.1 Å². The molecular formula is C25H18Cl3NO3. The van der Waals surface area contributed by atoms with Gasteiger partial charge in [-0.25, -0.2) is 0 Å². The van der Waals surface area contributed by atoms with E-state index in [2.05, 4.69) is 4.90 Å². The molecule has 7 heteroatoms. The summed E-state index contributed by atoms with van der Waals surface area (Å²) in [5, 5.41) is 1.78. The third-order valence-corrected chi connectivity index (χ3v) is 6.53. The molecule has 2 aliphatic heterocycles. The van der Waals surface area contributed by atoms with Crippen molar-refractivity contribution in [2.45, 2.75) is 20.0 Å². The fourth-order valence-electron chi connectivity index (χ4n) is 4.02. The quantitative estimate of drug-likeness (QED) is 0.377. The van der Waals surface area contributed by atoms with Gasteiger partial charge in [0.15, 0.2) is 5.76 Å². The highest BCUT2D eigenvalue weighted by molar-refractivity contribution is 6.35. The molecular weight excluding hydrogens is 469 g/mol. The van der Waals surface area contributed by atoms with E-state index in [0.717, 1.165) is 28.0 Å². The Morgan fingerprint density at radius 3 is 2.62 bits per heavy atom. The lowest BCUT2D eigenvalue weighted by Gasteiger charge is -2.30. The largest absolute Gasteiger partial charge is 0.477 e. The number of hydrogen-bond donors (Lipinski definition) is 0. The van der Waals surface area contributed by atoms with Gasteiger partial charge in [-0.1, -0.05) is 59.1 Å². The Hall–Kier alpha value is -2.50. The molecule has 0 aliphatic carbocycles. The molecule has 0 bridgehead atoms. The van der Waals surface area contributed by atoms with E-state index in [-0.39, 0.29) is 11.5 Å². The number of allylic oxidation sites excluding steroid dienone is 1. The van der Waals surface area contributed by atoms with Gasteiger partial charge in [0.1, 0.15) is 18.2 Å². The summed E-state index contributed by atoms with van der Waals surface area (Å²) in [4.78, 5) is 15.2. The second-order valence-electron chi connectivity index (χ2n) is 7.82. The fourth-order valence-corrected chi connectivity index (χ4v) is 4.68. The minimum absolute atomic E-state index is 0.163. The topological polar surface area (TPSA) is 38.8 Å². The van der Waals surface area contributed by atoms with E-state index in [4.69, 9.17) is 44.3 Å². The summed E-state index contributed by atoms with van der Waals surface area (Å²) in [6, 6.07) is 14.7. The van der Waals surface area contributed by atoms with Crippen LogP contribution in [0.4, 0.5) is 0 Å². The number of ether oxygens (including phenoxy) is 2. The number of ketones is 1. The summed E-state index contributed by atoms with van der Waals surface area (Å²) in [6.07, 6.45) is 1.68. The Morgan fingerprint density at radius 1 is 1.03 bits per heavy atom. The van der Waals surface area contributed by atoms with Crippen LogP contribution in [0.5, 0.6) is 11.5 Å². The van der Waals surface area contributed by atoms with Crippen LogP contribution in [-0.4, -0.2) is 17.4 Å². The van der Waals surface area contributed by atoms with E-state index in [9.17, 15) is 4.79 Å². The van der Waals surface area contributed by atoms with Gasteiger partial charge in [0.25, 0.3) is 0 Å². The number of halogens is 3. The smallest absolute Gasteiger partial charge is 0.231 e. The van der Waals surface area contributed by atoms with E-state index in [0.29, 0.717) is 46.2 Å². The first-order valence-electron chi connectivity index (χ1n) is 10.0. The number of nitrogens with zero attached hydrogens (tertiary/aromatic N) is 1. The van der Waals surface area contributed by atoms with Crippen LogP contribution in [0.25, 0.3) is 6.08 Å². The average molecular weight is 487 g/mol.